The summed E-state index contributed by atoms with van der Waals surface area (Å²) >= 11 is 0. The van der Waals surface area contributed by atoms with Crippen molar-refractivity contribution in [2.24, 2.45) is 0 Å². The Morgan fingerprint density at radius 1 is 1.24 bits per heavy atom. The summed E-state index contributed by atoms with van der Waals surface area (Å²) in [6.07, 6.45) is 0. The minimum Gasteiger partial charge on any atom is -0.475 e. The number of aromatic carboxylic acids is 1. The molecule has 21 heavy (non-hydrogen) atoms. The van der Waals surface area contributed by atoms with Crippen LogP contribution < -0.4 is 10.2 Å². The number of nitrogens with one attached hydrogen (secondary N) is 1. The standard InChI is InChI=1S/C15H16N2O4/c1-10-5-3-4-6-12(10)17(2)15(20)16-9-11-7-8-13(21-11)14(18)19/h3-8H,9H2,1-2H3,(H,16,20)(H,18,19). The van der Waals surface area contributed by atoms with Crippen LogP contribution in [0, 0.1) is 6.92 Å². The maximum Gasteiger partial charge on any atom is 0.371 e. The van der Waals surface area contributed by atoms with Crippen LogP contribution in [0.4, 0.5) is 10.5 Å². The zero-order valence-electron chi connectivity index (χ0n) is 11.8. The van der Waals surface area contributed by atoms with Gasteiger partial charge >= 0.3 is 12.0 Å². The van der Waals surface area contributed by atoms with Crippen molar-refractivity contribution >= 4 is 17.7 Å². The molecule has 2 amide bonds. The smallest absolute Gasteiger partial charge is 0.371 e. The summed E-state index contributed by atoms with van der Waals surface area (Å²) < 4.78 is 5.07. The molecule has 0 aliphatic rings. The van der Waals surface area contributed by atoms with Gasteiger partial charge < -0.3 is 14.8 Å². The lowest BCUT2D eigenvalue weighted by atomic mass is 10.2. The number of carboxylic acids is 1. The second kappa shape index (κ2) is 6.13. The van der Waals surface area contributed by atoms with Gasteiger partial charge in [-0.2, -0.15) is 0 Å². The van der Waals surface area contributed by atoms with Gasteiger partial charge in [0.25, 0.3) is 0 Å². The first-order valence-corrected chi connectivity index (χ1v) is 6.38. The van der Waals surface area contributed by atoms with E-state index in [1.807, 2.05) is 31.2 Å². The van der Waals surface area contributed by atoms with E-state index >= 15 is 0 Å². The fourth-order valence-electron chi connectivity index (χ4n) is 1.92. The summed E-state index contributed by atoms with van der Waals surface area (Å²) in [4.78, 5) is 24.3. The molecule has 0 spiro atoms. The Morgan fingerprint density at radius 2 is 1.95 bits per heavy atom. The van der Waals surface area contributed by atoms with Crippen molar-refractivity contribution in [3.8, 4) is 0 Å². The molecule has 0 radical (unpaired) electrons. The first-order valence-electron chi connectivity index (χ1n) is 6.38. The molecular weight excluding hydrogens is 272 g/mol. The van der Waals surface area contributed by atoms with Crippen molar-refractivity contribution < 1.29 is 19.1 Å². The monoisotopic (exact) mass is 288 g/mol. The number of rotatable bonds is 4. The minimum absolute atomic E-state index is 0.127. The number of benzene rings is 1. The van der Waals surface area contributed by atoms with Crippen molar-refractivity contribution in [3.05, 3.63) is 53.5 Å². The van der Waals surface area contributed by atoms with Gasteiger partial charge in [-0.05, 0) is 30.7 Å². The molecule has 1 aromatic heterocycles. The van der Waals surface area contributed by atoms with Crippen LogP contribution in [0.25, 0.3) is 0 Å². The van der Waals surface area contributed by atoms with E-state index in [1.54, 1.807) is 7.05 Å². The predicted octanol–water partition coefficient (Wildman–Crippen LogP) is 2.63. The number of aryl methyl sites for hydroxylation is 1. The third kappa shape index (κ3) is 3.42. The number of para-hydroxylation sites is 1. The number of anilines is 1. The third-order valence-corrected chi connectivity index (χ3v) is 3.07. The van der Waals surface area contributed by atoms with Gasteiger partial charge in [0.2, 0.25) is 5.76 Å². The van der Waals surface area contributed by atoms with Crippen molar-refractivity contribution in [2.75, 3.05) is 11.9 Å². The van der Waals surface area contributed by atoms with Crippen molar-refractivity contribution in [2.45, 2.75) is 13.5 Å². The van der Waals surface area contributed by atoms with E-state index in [2.05, 4.69) is 5.32 Å². The molecule has 0 unspecified atom stereocenters. The molecule has 0 saturated heterocycles. The largest absolute Gasteiger partial charge is 0.475 e. The molecule has 6 heteroatoms. The number of nitrogens with zero attached hydrogens (tertiary/aromatic N) is 1. The molecule has 2 rings (SSSR count). The van der Waals surface area contributed by atoms with E-state index < -0.39 is 5.97 Å². The van der Waals surface area contributed by atoms with Crippen LogP contribution >= 0.6 is 0 Å². The Hall–Kier alpha value is -2.76. The van der Waals surface area contributed by atoms with Crippen molar-refractivity contribution in [3.63, 3.8) is 0 Å². The molecule has 2 aromatic rings. The van der Waals surface area contributed by atoms with Crippen LogP contribution in [-0.2, 0) is 6.54 Å². The average molecular weight is 288 g/mol. The number of furan rings is 1. The summed E-state index contributed by atoms with van der Waals surface area (Å²) in [6.45, 7) is 2.05. The van der Waals surface area contributed by atoms with Gasteiger partial charge in [0.1, 0.15) is 5.76 Å². The zero-order valence-corrected chi connectivity index (χ0v) is 11.8. The second-order valence-electron chi connectivity index (χ2n) is 4.58. The van der Waals surface area contributed by atoms with E-state index in [0.717, 1.165) is 11.3 Å². The SMILES string of the molecule is Cc1ccccc1N(C)C(=O)NCc1ccc(C(=O)O)o1. The highest BCUT2D eigenvalue weighted by Crippen LogP contribution is 2.17. The Labute approximate surface area is 122 Å². The molecule has 2 N–H and O–H groups in total. The maximum atomic E-state index is 12.1. The molecule has 0 aliphatic carbocycles. The number of carboxylic acid groups (broad SMARTS) is 1. The summed E-state index contributed by atoms with van der Waals surface area (Å²) in [5.41, 5.74) is 1.79. The molecule has 0 aliphatic heterocycles. The topological polar surface area (TPSA) is 82.8 Å². The molecule has 0 bridgehead atoms. The fourth-order valence-corrected chi connectivity index (χ4v) is 1.92. The Balaban J connectivity index is 1.98. The molecule has 1 heterocycles. The molecular formula is C15H16N2O4. The number of urea groups is 1. The average Bonchev–Trinajstić information content (AvgIpc) is 2.93. The lowest BCUT2D eigenvalue weighted by Gasteiger charge is -2.19. The van der Waals surface area contributed by atoms with Crippen LogP contribution in [0.5, 0.6) is 0 Å². The fraction of sp³-hybridized carbons (Fsp3) is 0.200. The number of hydrogen-bond acceptors (Lipinski definition) is 3. The van der Waals surface area contributed by atoms with E-state index in [4.69, 9.17) is 9.52 Å². The lowest BCUT2D eigenvalue weighted by Crippen LogP contribution is -2.37. The molecule has 110 valence electrons. The number of carbonyl (C=O) groups excluding carboxylic acids is 1. The van der Waals surface area contributed by atoms with Gasteiger partial charge in [0.05, 0.1) is 6.54 Å². The van der Waals surface area contributed by atoms with Gasteiger partial charge in [0, 0.05) is 12.7 Å². The maximum absolute atomic E-state index is 12.1. The summed E-state index contributed by atoms with van der Waals surface area (Å²) in [5, 5.41) is 11.4. The second-order valence-corrected chi connectivity index (χ2v) is 4.58. The molecule has 6 nitrogen and oxygen atoms in total. The van der Waals surface area contributed by atoms with Gasteiger partial charge in [-0.1, -0.05) is 18.2 Å². The van der Waals surface area contributed by atoms with E-state index in [9.17, 15) is 9.59 Å². The third-order valence-electron chi connectivity index (χ3n) is 3.07. The summed E-state index contributed by atoms with van der Waals surface area (Å²) in [5.74, 6) is -0.893. The zero-order chi connectivity index (χ0) is 15.4. The summed E-state index contributed by atoms with van der Waals surface area (Å²) in [7, 11) is 1.67. The molecule has 1 aromatic carbocycles. The molecule has 0 atom stereocenters. The molecule has 0 fully saturated rings. The highest BCUT2D eigenvalue weighted by atomic mass is 16.4. The Morgan fingerprint density at radius 3 is 2.57 bits per heavy atom. The van der Waals surface area contributed by atoms with Crippen LogP contribution in [0.2, 0.25) is 0 Å². The van der Waals surface area contributed by atoms with Gasteiger partial charge in [-0.25, -0.2) is 9.59 Å². The number of amides is 2. The first kappa shape index (κ1) is 14.6. The van der Waals surface area contributed by atoms with E-state index in [0.29, 0.717) is 5.76 Å². The minimum atomic E-state index is -1.13. The normalized spacial score (nSPS) is 10.2. The van der Waals surface area contributed by atoms with E-state index in [-0.39, 0.29) is 18.3 Å². The summed E-state index contributed by atoms with van der Waals surface area (Å²) in [6, 6.07) is 10.1. The van der Waals surface area contributed by atoms with E-state index in [1.165, 1.54) is 17.0 Å². The first-order chi connectivity index (χ1) is 9.99. The lowest BCUT2D eigenvalue weighted by molar-refractivity contribution is 0.0660. The van der Waals surface area contributed by atoms with Crippen LogP contribution in [0.3, 0.4) is 0 Å². The van der Waals surface area contributed by atoms with Gasteiger partial charge in [-0.15, -0.1) is 0 Å². The van der Waals surface area contributed by atoms with Gasteiger partial charge in [0.15, 0.2) is 0 Å². The van der Waals surface area contributed by atoms with Crippen LogP contribution in [-0.4, -0.2) is 24.2 Å². The Bertz CT molecular complexity index is 663. The number of carbonyl (C=O) groups is 2. The van der Waals surface area contributed by atoms with Crippen LogP contribution in [0.1, 0.15) is 21.9 Å². The van der Waals surface area contributed by atoms with Gasteiger partial charge in [-0.3, -0.25) is 4.90 Å². The predicted molar refractivity (Wildman–Crippen MR) is 77.5 cm³/mol. The van der Waals surface area contributed by atoms with Crippen LogP contribution in [0.15, 0.2) is 40.8 Å². The van der Waals surface area contributed by atoms with Crippen molar-refractivity contribution in [1.82, 2.24) is 5.32 Å². The molecule has 0 saturated carbocycles. The Kier molecular flexibility index (Phi) is 4.27. The van der Waals surface area contributed by atoms with Crippen molar-refractivity contribution in [1.29, 1.82) is 0 Å². The number of hydrogen-bond donors (Lipinski definition) is 2. The quantitative estimate of drug-likeness (QED) is 0.906. The highest BCUT2D eigenvalue weighted by molar-refractivity contribution is 5.92. The highest BCUT2D eigenvalue weighted by Gasteiger charge is 2.14.